The van der Waals surface area contributed by atoms with Gasteiger partial charge in [0.2, 0.25) is 0 Å². The van der Waals surface area contributed by atoms with Gasteiger partial charge in [0.15, 0.2) is 0 Å². The maximum absolute atomic E-state index is 12.1. The average molecular weight is 270 g/mol. The average Bonchev–Trinajstić information content (AvgIpc) is 2.48. The summed E-state index contributed by atoms with van der Waals surface area (Å²) >= 11 is 0. The van der Waals surface area contributed by atoms with Crippen LogP contribution in [0, 0.1) is 0 Å². The van der Waals surface area contributed by atoms with Crippen LogP contribution in [0.5, 0.6) is 0 Å². The van der Waals surface area contributed by atoms with Gasteiger partial charge in [-0.05, 0) is 24.6 Å². The van der Waals surface area contributed by atoms with E-state index < -0.39 is 18.0 Å². The fourth-order valence-electron chi connectivity index (χ4n) is 1.86. The summed E-state index contributed by atoms with van der Waals surface area (Å²) < 4.78 is 5.31. The van der Waals surface area contributed by atoms with Gasteiger partial charge in [0, 0.05) is 0 Å². The molecule has 0 saturated carbocycles. The van der Waals surface area contributed by atoms with Gasteiger partial charge in [-0.3, -0.25) is 0 Å². The van der Waals surface area contributed by atoms with Crippen LogP contribution < -0.4 is 0 Å². The molecule has 102 valence electrons. The van der Waals surface area contributed by atoms with Gasteiger partial charge < -0.3 is 9.84 Å². The lowest BCUT2D eigenvalue weighted by Crippen LogP contribution is -2.13. The molecule has 4 nitrogen and oxygen atoms in total. The first-order valence-electron chi connectivity index (χ1n) is 6.18. The van der Waals surface area contributed by atoms with E-state index in [4.69, 9.17) is 9.84 Å². The van der Waals surface area contributed by atoms with Crippen LogP contribution in [0.3, 0.4) is 0 Å². The van der Waals surface area contributed by atoms with Crippen LogP contribution in [0.1, 0.15) is 39.3 Å². The highest BCUT2D eigenvalue weighted by atomic mass is 16.5. The molecule has 0 aliphatic heterocycles. The molecule has 0 heterocycles. The Morgan fingerprint density at radius 1 is 0.950 bits per heavy atom. The molecule has 1 atom stereocenters. The molecular formula is C16H14O4. The van der Waals surface area contributed by atoms with Gasteiger partial charge >= 0.3 is 11.9 Å². The lowest BCUT2D eigenvalue weighted by molar-refractivity contribution is 0.0331. The van der Waals surface area contributed by atoms with Crippen LogP contribution in [-0.4, -0.2) is 17.0 Å². The molecule has 0 spiro atoms. The SMILES string of the molecule is C[C@H](OC(=O)c1ccccc1C(=O)O)c1ccccc1. The van der Waals surface area contributed by atoms with E-state index in [0.717, 1.165) is 5.56 Å². The fourth-order valence-corrected chi connectivity index (χ4v) is 1.86. The Labute approximate surface area is 116 Å². The molecule has 0 unspecified atom stereocenters. The van der Waals surface area contributed by atoms with E-state index >= 15 is 0 Å². The third-order valence-corrected chi connectivity index (χ3v) is 2.93. The van der Waals surface area contributed by atoms with Crippen LogP contribution in [-0.2, 0) is 4.74 Å². The second-order valence-electron chi connectivity index (χ2n) is 4.31. The maximum Gasteiger partial charge on any atom is 0.339 e. The first-order chi connectivity index (χ1) is 9.59. The van der Waals surface area contributed by atoms with E-state index in [1.165, 1.54) is 12.1 Å². The van der Waals surface area contributed by atoms with Gasteiger partial charge in [-0.1, -0.05) is 42.5 Å². The summed E-state index contributed by atoms with van der Waals surface area (Å²) in [5.41, 5.74) is 0.856. The van der Waals surface area contributed by atoms with Crippen LogP contribution in [0.25, 0.3) is 0 Å². The second-order valence-corrected chi connectivity index (χ2v) is 4.31. The quantitative estimate of drug-likeness (QED) is 0.866. The summed E-state index contributed by atoms with van der Waals surface area (Å²) in [6.07, 6.45) is -0.439. The number of carboxylic acids is 1. The molecule has 0 fully saturated rings. The molecule has 0 saturated heterocycles. The van der Waals surface area contributed by atoms with Gasteiger partial charge in [-0.2, -0.15) is 0 Å². The molecule has 4 heteroatoms. The number of carbonyl (C=O) groups excluding carboxylic acids is 1. The van der Waals surface area contributed by atoms with Gasteiger partial charge in [0.1, 0.15) is 6.10 Å². The van der Waals surface area contributed by atoms with Crippen molar-refractivity contribution in [1.29, 1.82) is 0 Å². The number of benzene rings is 2. The summed E-state index contributed by atoms with van der Waals surface area (Å²) in [5, 5.41) is 9.06. The Balaban J connectivity index is 2.19. The number of esters is 1. The largest absolute Gasteiger partial charge is 0.478 e. The molecule has 0 aliphatic carbocycles. The van der Waals surface area contributed by atoms with Crippen molar-refractivity contribution in [2.75, 3.05) is 0 Å². The van der Waals surface area contributed by atoms with E-state index in [2.05, 4.69) is 0 Å². The van der Waals surface area contributed by atoms with E-state index in [0.29, 0.717) is 0 Å². The van der Waals surface area contributed by atoms with Crippen LogP contribution in [0.15, 0.2) is 54.6 Å². The Kier molecular flexibility index (Phi) is 4.15. The molecule has 0 amide bonds. The van der Waals surface area contributed by atoms with Crippen LogP contribution in [0.2, 0.25) is 0 Å². The zero-order valence-electron chi connectivity index (χ0n) is 10.9. The standard InChI is InChI=1S/C16H14O4/c1-11(12-7-3-2-4-8-12)20-16(19)14-10-6-5-9-13(14)15(17)18/h2-11H,1H3,(H,17,18)/t11-/m0/s1. The minimum Gasteiger partial charge on any atom is -0.478 e. The summed E-state index contributed by atoms with van der Waals surface area (Å²) in [7, 11) is 0. The van der Waals surface area contributed by atoms with E-state index in [-0.39, 0.29) is 11.1 Å². The Morgan fingerprint density at radius 3 is 2.10 bits per heavy atom. The summed E-state index contributed by atoms with van der Waals surface area (Å²) in [4.78, 5) is 23.1. The topological polar surface area (TPSA) is 63.6 Å². The number of hydrogen-bond acceptors (Lipinski definition) is 3. The van der Waals surface area contributed by atoms with E-state index in [9.17, 15) is 9.59 Å². The third kappa shape index (κ3) is 3.03. The molecular weight excluding hydrogens is 256 g/mol. The fraction of sp³-hybridized carbons (Fsp3) is 0.125. The summed E-state index contributed by atoms with van der Waals surface area (Å²) in [6.45, 7) is 1.75. The number of carboxylic acid groups (broad SMARTS) is 1. The maximum atomic E-state index is 12.1. The van der Waals surface area contributed by atoms with Crippen LogP contribution in [0.4, 0.5) is 0 Å². The molecule has 2 aromatic carbocycles. The van der Waals surface area contributed by atoms with Crippen molar-refractivity contribution >= 4 is 11.9 Å². The van der Waals surface area contributed by atoms with Crippen molar-refractivity contribution in [2.45, 2.75) is 13.0 Å². The van der Waals surface area contributed by atoms with Crippen molar-refractivity contribution in [3.05, 3.63) is 71.3 Å². The Hall–Kier alpha value is -2.62. The zero-order chi connectivity index (χ0) is 14.5. The predicted molar refractivity (Wildman–Crippen MR) is 73.7 cm³/mol. The Morgan fingerprint density at radius 2 is 1.50 bits per heavy atom. The highest BCUT2D eigenvalue weighted by Crippen LogP contribution is 2.19. The van der Waals surface area contributed by atoms with Crippen molar-refractivity contribution in [2.24, 2.45) is 0 Å². The third-order valence-electron chi connectivity index (χ3n) is 2.93. The van der Waals surface area contributed by atoms with Crippen molar-refractivity contribution in [3.63, 3.8) is 0 Å². The molecule has 0 aliphatic rings. The number of aromatic carboxylic acids is 1. The molecule has 2 aromatic rings. The van der Waals surface area contributed by atoms with Crippen molar-refractivity contribution in [3.8, 4) is 0 Å². The molecule has 1 N–H and O–H groups in total. The number of rotatable bonds is 4. The lowest BCUT2D eigenvalue weighted by Gasteiger charge is -2.14. The number of hydrogen-bond donors (Lipinski definition) is 1. The number of carbonyl (C=O) groups is 2. The van der Waals surface area contributed by atoms with Gasteiger partial charge in [0.05, 0.1) is 11.1 Å². The van der Waals surface area contributed by atoms with Gasteiger partial charge in [-0.25, -0.2) is 9.59 Å². The second kappa shape index (κ2) is 6.02. The van der Waals surface area contributed by atoms with Crippen LogP contribution >= 0.6 is 0 Å². The van der Waals surface area contributed by atoms with Gasteiger partial charge in [0.25, 0.3) is 0 Å². The molecule has 0 aromatic heterocycles. The summed E-state index contributed by atoms with van der Waals surface area (Å²) in [6, 6.07) is 15.3. The monoisotopic (exact) mass is 270 g/mol. The first-order valence-corrected chi connectivity index (χ1v) is 6.18. The minimum absolute atomic E-state index is 0.0576. The molecule has 0 bridgehead atoms. The molecule has 0 radical (unpaired) electrons. The van der Waals surface area contributed by atoms with Crippen molar-refractivity contribution in [1.82, 2.24) is 0 Å². The predicted octanol–water partition coefficient (Wildman–Crippen LogP) is 3.30. The smallest absolute Gasteiger partial charge is 0.339 e. The highest BCUT2D eigenvalue weighted by molar-refractivity contribution is 6.02. The normalized spacial score (nSPS) is 11.7. The summed E-state index contributed by atoms with van der Waals surface area (Å²) in [5.74, 6) is -1.79. The van der Waals surface area contributed by atoms with Crippen molar-refractivity contribution < 1.29 is 19.4 Å². The zero-order valence-corrected chi connectivity index (χ0v) is 10.9. The lowest BCUT2D eigenvalue weighted by atomic mass is 10.1. The highest BCUT2D eigenvalue weighted by Gasteiger charge is 2.19. The Bertz CT molecular complexity index is 619. The molecule has 20 heavy (non-hydrogen) atoms. The van der Waals surface area contributed by atoms with E-state index in [1.54, 1.807) is 19.1 Å². The number of ether oxygens (including phenoxy) is 1. The van der Waals surface area contributed by atoms with Gasteiger partial charge in [-0.15, -0.1) is 0 Å². The molecule has 2 rings (SSSR count). The minimum atomic E-state index is -1.15. The van der Waals surface area contributed by atoms with E-state index in [1.807, 2.05) is 30.3 Å². The first kappa shape index (κ1) is 13.8.